The van der Waals surface area contributed by atoms with Crippen molar-refractivity contribution in [3.63, 3.8) is 0 Å². The average molecular weight is 260 g/mol. The van der Waals surface area contributed by atoms with E-state index in [2.05, 4.69) is 4.98 Å². The molecule has 2 nitrogen and oxygen atoms in total. The highest BCUT2D eigenvalue weighted by molar-refractivity contribution is 6.33. The summed E-state index contributed by atoms with van der Waals surface area (Å²) in [5.41, 5.74) is -3.49. The Morgan fingerprint density at radius 3 is 2.31 bits per heavy atom. The molecule has 0 saturated carbocycles. The molecule has 0 aliphatic carbocycles. The number of alkyl halides is 5. The summed E-state index contributed by atoms with van der Waals surface area (Å²) >= 11 is 5.28. The molecule has 0 unspecified atom stereocenters. The first-order chi connectivity index (χ1) is 7.27. The molecule has 0 aliphatic rings. The first kappa shape index (κ1) is 12.8. The minimum absolute atomic E-state index is 0.108. The Balaban J connectivity index is 3.46. The highest BCUT2D eigenvalue weighted by Crippen LogP contribution is 2.34. The predicted octanol–water partition coefficient (Wildman–Crippen LogP) is 3.50. The topological polar surface area (TPSA) is 30.0 Å². The zero-order chi connectivity index (χ0) is 12.5. The van der Waals surface area contributed by atoms with Gasteiger partial charge in [-0.2, -0.15) is 13.2 Å². The summed E-state index contributed by atoms with van der Waals surface area (Å²) in [4.78, 5) is 13.2. The van der Waals surface area contributed by atoms with Crippen molar-refractivity contribution in [2.24, 2.45) is 0 Å². The Labute approximate surface area is 91.0 Å². The lowest BCUT2D eigenvalue weighted by Gasteiger charge is -2.10. The van der Waals surface area contributed by atoms with Crippen molar-refractivity contribution < 1.29 is 26.7 Å². The minimum atomic E-state index is -4.91. The van der Waals surface area contributed by atoms with Gasteiger partial charge in [0.05, 0.1) is 5.02 Å². The number of carbonyl (C=O) groups is 1. The first-order valence-corrected chi connectivity index (χ1v) is 4.16. The monoisotopic (exact) mass is 259 g/mol. The summed E-state index contributed by atoms with van der Waals surface area (Å²) < 4.78 is 61.3. The molecular formula is C8H3ClF5NO. The van der Waals surface area contributed by atoms with Gasteiger partial charge in [0.1, 0.15) is 11.4 Å². The van der Waals surface area contributed by atoms with Gasteiger partial charge in [0.2, 0.25) is 0 Å². The van der Waals surface area contributed by atoms with Crippen LogP contribution in [-0.2, 0) is 6.18 Å². The number of nitrogens with zero attached hydrogens (tertiary/aromatic N) is 1. The van der Waals surface area contributed by atoms with Gasteiger partial charge in [-0.3, -0.25) is 4.79 Å². The van der Waals surface area contributed by atoms with E-state index < -0.39 is 34.6 Å². The molecule has 88 valence electrons. The molecule has 1 aromatic rings. The molecule has 0 aliphatic heterocycles. The number of pyridine rings is 1. The van der Waals surface area contributed by atoms with Crippen LogP contribution in [0.2, 0.25) is 5.02 Å². The van der Waals surface area contributed by atoms with E-state index in [0.29, 0.717) is 0 Å². The fourth-order valence-electron chi connectivity index (χ4n) is 0.952. The van der Waals surface area contributed by atoms with Crippen LogP contribution in [-0.4, -0.2) is 11.3 Å². The molecule has 0 N–H and O–H groups in total. The SMILES string of the molecule is O=Cc1nc(C(F)(F)F)cc(C(F)F)c1Cl. The van der Waals surface area contributed by atoms with Crippen LogP contribution in [0, 0.1) is 0 Å². The van der Waals surface area contributed by atoms with Crippen LogP contribution in [0.5, 0.6) is 0 Å². The van der Waals surface area contributed by atoms with E-state index in [-0.39, 0.29) is 12.4 Å². The quantitative estimate of drug-likeness (QED) is 0.601. The Kier molecular flexibility index (Phi) is 3.47. The van der Waals surface area contributed by atoms with Crippen LogP contribution in [0.15, 0.2) is 6.07 Å². The molecule has 1 rings (SSSR count). The van der Waals surface area contributed by atoms with Crippen LogP contribution < -0.4 is 0 Å². The summed E-state index contributed by atoms with van der Waals surface area (Å²) in [5, 5.41) is -0.766. The summed E-state index contributed by atoms with van der Waals surface area (Å²) in [5.74, 6) is 0. The Morgan fingerprint density at radius 1 is 1.38 bits per heavy atom. The lowest BCUT2D eigenvalue weighted by Crippen LogP contribution is -2.11. The van der Waals surface area contributed by atoms with Gasteiger partial charge in [-0.05, 0) is 6.07 Å². The summed E-state index contributed by atoms with van der Waals surface area (Å²) in [6.07, 6.45) is -8.23. The Morgan fingerprint density at radius 2 is 1.94 bits per heavy atom. The standard InChI is InChI=1S/C8H3ClF5NO/c9-6-3(7(10)11)1-5(8(12,13)14)15-4(6)2-16/h1-2,7H. The van der Waals surface area contributed by atoms with E-state index >= 15 is 0 Å². The molecule has 0 spiro atoms. The van der Waals surface area contributed by atoms with Crippen molar-refractivity contribution in [2.45, 2.75) is 12.6 Å². The molecule has 0 bridgehead atoms. The number of aldehydes is 1. The van der Waals surface area contributed by atoms with Gasteiger partial charge in [0, 0.05) is 5.56 Å². The van der Waals surface area contributed by atoms with Crippen molar-refractivity contribution in [2.75, 3.05) is 0 Å². The third-order valence-corrected chi connectivity index (χ3v) is 2.06. The van der Waals surface area contributed by atoms with Crippen LogP contribution in [0.25, 0.3) is 0 Å². The third-order valence-electron chi connectivity index (χ3n) is 1.65. The fourth-order valence-corrected chi connectivity index (χ4v) is 1.18. The lowest BCUT2D eigenvalue weighted by molar-refractivity contribution is -0.141. The van der Waals surface area contributed by atoms with Crippen LogP contribution in [0.1, 0.15) is 28.2 Å². The van der Waals surface area contributed by atoms with Gasteiger partial charge < -0.3 is 0 Å². The van der Waals surface area contributed by atoms with Gasteiger partial charge in [-0.1, -0.05) is 11.6 Å². The van der Waals surface area contributed by atoms with Crippen LogP contribution >= 0.6 is 11.6 Å². The van der Waals surface area contributed by atoms with Crippen molar-refractivity contribution in [3.05, 3.63) is 28.0 Å². The average Bonchev–Trinajstić information content (AvgIpc) is 2.15. The van der Waals surface area contributed by atoms with E-state index in [1.807, 2.05) is 0 Å². The normalized spacial score (nSPS) is 11.9. The summed E-state index contributed by atoms with van der Waals surface area (Å²) in [7, 11) is 0. The highest BCUT2D eigenvalue weighted by Gasteiger charge is 2.35. The van der Waals surface area contributed by atoms with Crippen molar-refractivity contribution in [1.29, 1.82) is 0 Å². The zero-order valence-corrected chi connectivity index (χ0v) is 8.11. The molecule has 0 atom stereocenters. The van der Waals surface area contributed by atoms with E-state index in [1.165, 1.54) is 0 Å². The minimum Gasteiger partial charge on any atom is -0.296 e. The number of carbonyl (C=O) groups excluding carboxylic acids is 1. The van der Waals surface area contributed by atoms with Crippen molar-refractivity contribution in [1.82, 2.24) is 4.98 Å². The smallest absolute Gasteiger partial charge is 0.296 e. The number of aromatic nitrogens is 1. The second-order valence-electron chi connectivity index (χ2n) is 2.71. The van der Waals surface area contributed by atoms with E-state index in [1.54, 1.807) is 0 Å². The number of hydrogen-bond donors (Lipinski definition) is 0. The lowest BCUT2D eigenvalue weighted by atomic mass is 10.2. The molecule has 0 fully saturated rings. The largest absolute Gasteiger partial charge is 0.433 e. The molecule has 0 amide bonds. The van der Waals surface area contributed by atoms with Gasteiger partial charge in [-0.25, -0.2) is 13.8 Å². The maximum Gasteiger partial charge on any atom is 0.433 e. The second-order valence-corrected chi connectivity index (χ2v) is 3.09. The second kappa shape index (κ2) is 4.32. The van der Waals surface area contributed by atoms with Gasteiger partial charge >= 0.3 is 6.18 Å². The molecule has 0 aromatic carbocycles. The van der Waals surface area contributed by atoms with E-state index in [4.69, 9.17) is 11.6 Å². The van der Waals surface area contributed by atoms with Crippen LogP contribution in [0.4, 0.5) is 22.0 Å². The Hall–Kier alpha value is -1.24. The van der Waals surface area contributed by atoms with Gasteiger partial charge in [0.15, 0.2) is 6.29 Å². The maximum absolute atomic E-state index is 12.3. The molecule has 1 aromatic heterocycles. The summed E-state index contributed by atoms with van der Waals surface area (Å²) in [6, 6.07) is 0.125. The molecule has 1 heterocycles. The maximum atomic E-state index is 12.3. The van der Waals surface area contributed by atoms with Gasteiger partial charge in [-0.15, -0.1) is 0 Å². The van der Waals surface area contributed by atoms with Crippen molar-refractivity contribution in [3.8, 4) is 0 Å². The van der Waals surface area contributed by atoms with Crippen molar-refractivity contribution >= 4 is 17.9 Å². The first-order valence-electron chi connectivity index (χ1n) is 3.78. The highest BCUT2D eigenvalue weighted by atomic mass is 35.5. The third kappa shape index (κ3) is 2.46. The van der Waals surface area contributed by atoms with Gasteiger partial charge in [0.25, 0.3) is 6.43 Å². The fraction of sp³-hybridized carbons (Fsp3) is 0.250. The van der Waals surface area contributed by atoms with E-state index in [9.17, 15) is 26.7 Å². The zero-order valence-electron chi connectivity index (χ0n) is 7.36. The molecular weight excluding hydrogens is 257 g/mol. The number of hydrogen-bond acceptors (Lipinski definition) is 2. The molecule has 8 heteroatoms. The van der Waals surface area contributed by atoms with Crippen LogP contribution in [0.3, 0.4) is 0 Å². The number of rotatable bonds is 2. The number of halogens is 6. The molecule has 0 saturated heterocycles. The Bertz CT molecular complexity index is 418. The summed E-state index contributed by atoms with van der Waals surface area (Å²) in [6.45, 7) is 0. The molecule has 16 heavy (non-hydrogen) atoms. The predicted molar refractivity (Wildman–Crippen MR) is 44.6 cm³/mol. The molecule has 0 radical (unpaired) electrons. The van der Waals surface area contributed by atoms with E-state index in [0.717, 1.165) is 0 Å².